The minimum Gasteiger partial charge on any atom is -0.497 e. The standard InChI is InChI=1S/C9H10BF3NO2/c1-16-8-4-2-3-7(5-8)9(15)14-6-10(11,12)13/h2-5H,6H2,1H3,(H,14,15)/q-1. The molecule has 0 aromatic heterocycles. The number of carbonyl (C=O) groups excluding carboxylic acids is 1. The Bertz CT molecular complexity index is 381. The van der Waals surface area contributed by atoms with Crippen LogP contribution in [0.1, 0.15) is 10.4 Å². The summed E-state index contributed by atoms with van der Waals surface area (Å²) in [6, 6.07) is 5.93. The van der Waals surface area contributed by atoms with Crippen LogP contribution >= 0.6 is 0 Å². The molecule has 0 unspecified atom stereocenters. The van der Waals surface area contributed by atoms with Crippen LogP contribution in [0.15, 0.2) is 24.3 Å². The number of amides is 1. The zero-order chi connectivity index (χ0) is 12.2. The molecule has 0 aliphatic heterocycles. The number of rotatable bonds is 4. The van der Waals surface area contributed by atoms with Gasteiger partial charge in [0.15, 0.2) is 0 Å². The van der Waals surface area contributed by atoms with E-state index >= 15 is 0 Å². The molecular formula is C9H10BF3NO2-. The molecule has 16 heavy (non-hydrogen) atoms. The van der Waals surface area contributed by atoms with Gasteiger partial charge < -0.3 is 23.0 Å². The monoisotopic (exact) mass is 232 g/mol. The summed E-state index contributed by atoms with van der Waals surface area (Å²) in [6.45, 7) is -5.01. The van der Waals surface area contributed by atoms with E-state index in [1.807, 2.05) is 0 Å². The first-order chi connectivity index (χ1) is 7.42. The van der Waals surface area contributed by atoms with Crippen molar-refractivity contribution in [2.75, 3.05) is 13.6 Å². The molecule has 0 aliphatic carbocycles. The van der Waals surface area contributed by atoms with E-state index in [2.05, 4.69) is 0 Å². The van der Waals surface area contributed by atoms with Crippen molar-refractivity contribution in [1.29, 1.82) is 0 Å². The molecule has 1 N–H and O–H groups in total. The summed E-state index contributed by atoms with van der Waals surface area (Å²) in [5.74, 6) is -0.344. The molecular weight excluding hydrogens is 222 g/mol. The molecule has 1 amide bonds. The van der Waals surface area contributed by atoms with Crippen LogP contribution < -0.4 is 10.1 Å². The second kappa shape index (κ2) is 4.91. The van der Waals surface area contributed by atoms with E-state index in [0.717, 1.165) is 0 Å². The van der Waals surface area contributed by atoms with Crippen LogP contribution in [-0.2, 0) is 0 Å². The Hall–Kier alpha value is -1.66. The lowest BCUT2D eigenvalue weighted by Crippen LogP contribution is -2.37. The predicted octanol–water partition coefficient (Wildman–Crippen LogP) is 1.81. The number of hydrogen-bond donors (Lipinski definition) is 1. The van der Waals surface area contributed by atoms with Crippen molar-refractivity contribution >= 4 is 12.9 Å². The van der Waals surface area contributed by atoms with Crippen LogP contribution in [0.4, 0.5) is 12.9 Å². The van der Waals surface area contributed by atoms with E-state index in [4.69, 9.17) is 4.74 Å². The van der Waals surface area contributed by atoms with Gasteiger partial charge in [0.2, 0.25) is 5.91 Å². The Labute approximate surface area is 90.7 Å². The van der Waals surface area contributed by atoms with E-state index in [-0.39, 0.29) is 5.56 Å². The average molecular weight is 232 g/mol. The highest BCUT2D eigenvalue weighted by molar-refractivity contribution is 6.58. The van der Waals surface area contributed by atoms with Gasteiger partial charge in [-0.3, -0.25) is 4.79 Å². The number of nitrogens with one attached hydrogen (secondary N) is 1. The third-order valence-corrected chi connectivity index (χ3v) is 1.83. The van der Waals surface area contributed by atoms with E-state index in [0.29, 0.717) is 5.75 Å². The molecule has 0 saturated heterocycles. The van der Waals surface area contributed by atoms with E-state index in [9.17, 15) is 17.7 Å². The largest absolute Gasteiger partial charge is 0.497 e. The summed E-state index contributed by atoms with van der Waals surface area (Å²) in [5.41, 5.74) is 0.138. The van der Waals surface area contributed by atoms with Gasteiger partial charge in [0.1, 0.15) is 5.75 Å². The SMILES string of the molecule is COc1cccc(C(=O)NC[B-](F)(F)F)c1. The predicted molar refractivity (Wildman–Crippen MR) is 54.4 cm³/mol. The van der Waals surface area contributed by atoms with Gasteiger partial charge in [-0.25, -0.2) is 0 Å². The fourth-order valence-electron chi connectivity index (χ4n) is 1.07. The summed E-state index contributed by atoms with van der Waals surface area (Å²) >= 11 is 0. The zero-order valence-electron chi connectivity index (χ0n) is 8.54. The summed E-state index contributed by atoms with van der Waals surface area (Å²) in [7, 11) is 1.41. The number of halogens is 3. The number of methoxy groups -OCH3 is 1. The molecule has 88 valence electrons. The molecule has 1 rings (SSSR count). The van der Waals surface area contributed by atoms with Gasteiger partial charge >= 0.3 is 6.98 Å². The third-order valence-electron chi connectivity index (χ3n) is 1.83. The first-order valence-electron chi connectivity index (χ1n) is 4.55. The molecule has 1 aromatic rings. The Morgan fingerprint density at radius 3 is 2.69 bits per heavy atom. The fourth-order valence-corrected chi connectivity index (χ4v) is 1.07. The van der Waals surface area contributed by atoms with E-state index < -0.39 is 19.3 Å². The summed E-state index contributed by atoms with van der Waals surface area (Å²) in [6.07, 6.45) is -1.28. The Kier molecular flexibility index (Phi) is 3.81. The van der Waals surface area contributed by atoms with Gasteiger partial charge in [0.05, 0.1) is 7.11 Å². The lowest BCUT2D eigenvalue weighted by Gasteiger charge is -2.14. The maximum Gasteiger partial charge on any atom is 0.497 e. The number of carbonyl (C=O) groups is 1. The van der Waals surface area contributed by atoms with E-state index in [1.54, 1.807) is 11.4 Å². The summed E-state index contributed by atoms with van der Waals surface area (Å²) in [4.78, 5) is 11.3. The Balaban J connectivity index is 2.66. The first-order valence-corrected chi connectivity index (χ1v) is 4.55. The lowest BCUT2D eigenvalue weighted by molar-refractivity contribution is 0.0955. The van der Waals surface area contributed by atoms with Gasteiger partial charge in [-0.15, -0.1) is 0 Å². The molecule has 0 saturated carbocycles. The van der Waals surface area contributed by atoms with E-state index in [1.165, 1.54) is 25.3 Å². The molecule has 7 heteroatoms. The molecule has 1 aromatic carbocycles. The van der Waals surface area contributed by atoms with Crippen LogP contribution in [-0.4, -0.2) is 26.4 Å². The molecule has 0 aliphatic rings. The molecule has 3 nitrogen and oxygen atoms in total. The first kappa shape index (κ1) is 12.4. The van der Waals surface area contributed by atoms with Gasteiger partial charge in [-0.05, 0) is 24.6 Å². The second-order valence-corrected chi connectivity index (χ2v) is 3.15. The van der Waals surface area contributed by atoms with Crippen molar-refractivity contribution in [3.05, 3.63) is 29.8 Å². The van der Waals surface area contributed by atoms with Crippen molar-refractivity contribution in [2.24, 2.45) is 0 Å². The quantitative estimate of drug-likeness (QED) is 0.804. The molecule has 0 fully saturated rings. The molecule has 0 heterocycles. The fraction of sp³-hybridized carbons (Fsp3) is 0.222. The van der Waals surface area contributed by atoms with Gasteiger partial charge in [0.25, 0.3) is 0 Å². The van der Waals surface area contributed by atoms with Gasteiger partial charge in [0, 0.05) is 5.56 Å². The van der Waals surface area contributed by atoms with Crippen LogP contribution in [0.25, 0.3) is 0 Å². The van der Waals surface area contributed by atoms with Crippen LogP contribution in [0, 0.1) is 0 Å². The van der Waals surface area contributed by atoms with Crippen LogP contribution in [0.3, 0.4) is 0 Å². The Morgan fingerprint density at radius 1 is 1.44 bits per heavy atom. The van der Waals surface area contributed by atoms with Gasteiger partial charge in [-0.2, -0.15) is 0 Å². The van der Waals surface area contributed by atoms with Crippen molar-refractivity contribution < 1.29 is 22.5 Å². The minimum absolute atomic E-state index is 0.138. The number of hydrogen-bond acceptors (Lipinski definition) is 2. The lowest BCUT2D eigenvalue weighted by atomic mass is 9.92. The highest BCUT2D eigenvalue weighted by atomic mass is 19.4. The summed E-state index contributed by atoms with van der Waals surface area (Å²) < 4.78 is 40.6. The second-order valence-electron chi connectivity index (χ2n) is 3.15. The minimum atomic E-state index is -5.01. The normalized spacial score (nSPS) is 11.0. The third kappa shape index (κ3) is 3.84. The Morgan fingerprint density at radius 2 is 2.12 bits per heavy atom. The van der Waals surface area contributed by atoms with Crippen molar-refractivity contribution in [3.63, 3.8) is 0 Å². The molecule has 0 bridgehead atoms. The molecule has 0 radical (unpaired) electrons. The number of benzene rings is 1. The van der Waals surface area contributed by atoms with Gasteiger partial charge in [-0.1, -0.05) is 6.07 Å². The smallest absolute Gasteiger partial charge is 0.497 e. The highest BCUT2D eigenvalue weighted by Crippen LogP contribution is 2.13. The van der Waals surface area contributed by atoms with Crippen molar-refractivity contribution in [2.45, 2.75) is 0 Å². The average Bonchev–Trinajstić information content (AvgIpc) is 2.25. The maximum atomic E-state index is 11.9. The van der Waals surface area contributed by atoms with Crippen molar-refractivity contribution in [1.82, 2.24) is 5.32 Å². The zero-order valence-corrected chi connectivity index (χ0v) is 8.54. The molecule has 0 atom stereocenters. The molecule has 0 spiro atoms. The highest BCUT2D eigenvalue weighted by Gasteiger charge is 2.23. The number of ether oxygens (including phenoxy) is 1. The van der Waals surface area contributed by atoms with Crippen LogP contribution in [0.5, 0.6) is 5.75 Å². The topological polar surface area (TPSA) is 38.3 Å². The van der Waals surface area contributed by atoms with Crippen LogP contribution in [0.2, 0.25) is 0 Å². The van der Waals surface area contributed by atoms with Crippen molar-refractivity contribution in [3.8, 4) is 5.75 Å². The maximum absolute atomic E-state index is 11.9. The summed E-state index contributed by atoms with van der Waals surface area (Å²) in [5, 5.41) is 1.80.